The molecule has 11 heteroatoms. The van der Waals surface area contributed by atoms with E-state index >= 15 is 0 Å². The molecule has 208 valence electrons. The van der Waals surface area contributed by atoms with Crippen LogP contribution in [0, 0.1) is 0 Å². The minimum atomic E-state index is -3.45. The number of sulfone groups is 1. The summed E-state index contributed by atoms with van der Waals surface area (Å²) in [7, 11) is -3.45. The van der Waals surface area contributed by atoms with Gasteiger partial charge in [-0.2, -0.15) is 0 Å². The Kier molecular flexibility index (Phi) is 11.2. The lowest BCUT2D eigenvalue weighted by Crippen LogP contribution is -2.13. The number of carbonyl (C=O) groups is 2. The van der Waals surface area contributed by atoms with Crippen molar-refractivity contribution in [2.45, 2.75) is 43.9 Å². The summed E-state index contributed by atoms with van der Waals surface area (Å²) in [5, 5.41) is 3.24. The number of carbonyl (C=O) groups excluding carboxylic acids is 2. The molecule has 0 fully saturated rings. The van der Waals surface area contributed by atoms with Gasteiger partial charge in [0.15, 0.2) is 9.84 Å². The molecule has 0 aliphatic heterocycles. The van der Waals surface area contributed by atoms with Gasteiger partial charge in [-0.3, -0.25) is 14.6 Å². The number of esters is 1. The molecule has 1 aromatic heterocycles. The summed E-state index contributed by atoms with van der Waals surface area (Å²) in [6, 6.07) is 12.5. The molecule has 0 aliphatic carbocycles. The minimum absolute atomic E-state index is 0.0264. The van der Waals surface area contributed by atoms with E-state index in [-0.39, 0.29) is 21.5 Å². The number of aromatic nitrogens is 1. The van der Waals surface area contributed by atoms with E-state index in [9.17, 15) is 18.0 Å². The van der Waals surface area contributed by atoms with Crippen LogP contribution in [0.15, 0.2) is 59.6 Å². The molecular formula is C28H30Cl2N2O6S. The number of nitrogens with zero attached hydrogens (tertiary/aromatic N) is 1. The first-order chi connectivity index (χ1) is 18.6. The molecule has 8 nitrogen and oxygen atoms in total. The number of benzene rings is 2. The number of hydrogen-bond donors (Lipinski definition) is 1. The predicted molar refractivity (Wildman–Crippen MR) is 152 cm³/mol. The molecule has 3 aromatic rings. The van der Waals surface area contributed by atoms with E-state index in [4.69, 9.17) is 32.7 Å². The Balaban J connectivity index is 1.56. The Morgan fingerprint density at radius 1 is 0.949 bits per heavy atom. The van der Waals surface area contributed by atoms with Crippen LogP contribution in [-0.2, 0) is 19.4 Å². The molecule has 0 bridgehead atoms. The number of unbranched alkanes of at least 4 members (excludes halogenated alkanes) is 3. The number of ether oxygens (including phenoxy) is 2. The molecule has 0 atom stereocenters. The first kappa shape index (κ1) is 30.4. The summed E-state index contributed by atoms with van der Waals surface area (Å²) < 4.78 is 34.1. The molecule has 39 heavy (non-hydrogen) atoms. The van der Waals surface area contributed by atoms with E-state index in [2.05, 4.69) is 10.3 Å². The fraction of sp³-hybridized carbons (Fsp3) is 0.321. The lowest BCUT2D eigenvalue weighted by molar-refractivity contribution is -0.143. The average Bonchev–Trinajstić information content (AvgIpc) is 2.89. The van der Waals surface area contributed by atoms with Crippen molar-refractivity contribution >= 4 is 50.6 Å². The zero-order valence-electron chi connectivity index (χ0n) is 21.7. The summed E-state index contributed by atoms with van der Waals surface area (Å²) in [5.41, 5.74) is 1.81. The highest BCUT2D eigenvalue weighted by Gasteiger charge is 2.16. The molecule has 0 spiro atoms. The van der Waals surface area contributed by atoms with Crippen LogP contribution in [0.5, 0.6) is 5.75 Å². The van der Waals surface area contributed by atoms with Crippen LogP contribution in [0.1, 0.15) is 49.4 Å². The van der Waals surface area contributed by atoms with Crippen LogP contribution in [0.25, 0.3) is 11.3 Å². The highest BCUT2D eigenvalue weighted by Crippen LogP contribution is 2.31. The third kappa shape index (κ3) is 9.23. The van der Waals surface area contributed by atoms with Gasteiger partial charge in [0.25, 0.3) is 5.91 Å². The first-order valence-corrected chi connectivity index (χ1v) is 15.1. The Morgan fingerprint density at radius 3 is 2.38 bits per heavy atom. The number of rotatable bonds is 13. The lowest BCUT2D eigenvalue weighted by Gasteiger charge is -2.11. The number of pyridine rings is 1. The second-order valence-electron chi connectivity index (χ2n) is 8.76. The fourth-order valence-corrected chi connectivity index (χ4v) is 4.87. The van der Waals surface area contributed by atoms with Crippen LogP contribution in [0.4, 0.5) is 5.69 Å². The predicted octanol–water partition coefficient (Wildman–Crippen LogP) is 6.60. The van der Waals surface area contributed by atoms with Gasteiger partial charge < -0.3 is 14.8 Å². The molecule has 1 N–H and O–H groups in total. The zero-order chi connectivity index (χ0) is 28.4. The van der Waals surface area contributed by atoms with E-state index in [1.165, 1.54) is 18.2 Å². The number of anilines is 1. The molecule has 0 aliphatic rings. The SMILES string of the molecule is CCOC(=O)CCCCCCOc1ccc(-c2cc(NC(=O)c3ccc(S(C)(=O)=O)cc3Cl)ccc2Cl)nc1. The summed E-state index contributed by atoms with van der Waals surface area (Å²) in [6.07, 6.45) is 6.67. The zero-order valence-corrected chi connectivity index (χ0v) is 24.0. The van der Waals surface area contributed by atoms with Gasteiger partial charge in [0, 0.05) is 23.9 Å². The van der Waals surface area contributed by atoms with Crippen LogP contribution in [-0.4, -0.2) is 44.7 Å². The van der Waals surface area contributed by atoms with E-state index in [1.807, 2.05) is 0 Å². The van der Waals surface area contributed by atoms with Gasteiger partial charge >= 0.3 is 5.97 Å². The van der Waals surface area contributed by atoms with Gasteiger partial charge in [0.05, 0.1) is 45.6 Å². The number of hydrogen-bond acceptors (Lipinski definition) is 7. The third-order valence-corrected chi connectivity index (χ3v) is 7.45. The van der Waals surface area contributed by atoms with Crippen molar-refractivity contribution in [1.82, 2.24) is 4.98 Å². The molecule has 3 rings (SSSR count). The smallest absolute Gasteiger partial charge is 0.305 e. The number of amides is 1. The average molecular weight is 594 g/mol. The topological polar surface area (TPSA) is 112 Å². The monoisotopic (exact) mass is 592 g/mol. The van der Waals surface area contributed by atoms with Crippen molar-refractivity contribution in [3.63, 3.8) is 0 Å². The van der Waals surface area contributed by atoms with Gasteiger partial charge in [-0.1, -0.05) is 36.0 Å². The standard InChI is InChI=1S/C28H30Cl2N2O6S/c1-3-37-27(33)8-6-4-5-7-15-38-20-10-14-26(31-18-20)23-16-19(9-13-24(23)29)32-28(34)22-12-11-21(17-25(22)30)39(2,35)36/h9-14,16-18H,3-8,15H2,1-2H3,(H,32,34). The molecule has 0 radical (unpaired) electrons. The summed E-state index contributed by atoms with van der Waals surface area (Å²) in [5.74, 6) is -0.0254. The lowest BCUT2D eigenvalue weighted by atomic mass is 10.1. The van der Waals surface area contributed by atoms with Crippen molar-refractivity contribution in [3.05, 3.63) is 70.3 Å². The Hall–Kier alpha value is -3.14. The Bertz CT molecular complexity index is 1410. The quantitative estimate of drug-likeness (QED) is 0.176. The minimum Gasteiger partial charge on any atom is -0.492 e. The Labute approximate surface area is 238 Å². The van der Waals surface area contributed by atoms with Gasteiger partial charge in [-0.15, -0.1) is 0 Å². The normalized spacial score (nSPS) is 11.2. The maximum atomic E-state index is 12.8. The van der Waals surface area contributed by atoms with Crippen molar-refractivity contribution in [2.24, 2.45) is 0 Å². The van der Waals surface area contributed by atoms with Crippen LogP contribution < -0.4 is 10.1 Å². The van der Waals surface area contributed by atoms with E-state index in [0.29, 0.717) is 47.4 Å². The van der Waals surface area contributed by atoms with Crippen molar-refractivity contribution in [3.8, 4) is 17.0 Å². The molecule has 1 heterocycles. The van der Waals surface area contributed by atoms with E-state index in [1.54, 1.807) is 43.5 Å². The summed E-state index contributed by atoms with van der Waals surface area (Å²) >= 11 is 12.6. The molecular weight excluding hydrogens is 563 g/mol. The third-order valence-electron chi connectivity index (χ3n) is 5.70. The van der Waals surface area contributed by atoms with Crippen molar-refractivity contribution in [2.75, 3.05) is 24.8 Å². The van der Waals surface area contributed by atoms with Gasteiger partial charge in [0.2, 0.25) is 0 Å². The van der Waals surface area contributed by atoms with Crippen molar-refractivity contribution in [1.29, 1.82) is 0 Å². The largest absolute Gasteiger partial charge is 0.492 e. The second-order valence-corrected chi connectivity index (χ2v) is 11.6. The number of halogens is 2. The van der Waals surface area contributed by atoms with E-state index in [0.717, 1.165) is 31.9 Å². The van der Waals surface area contributed by atoms with Gasteiger partial charge in [-0.25, -0.2) is 8.42 Å². The van der Waals surface area contributed by atoms with Crippen LogP contribution in [0.3, 0.4) is 0 Å². The highest BCUT2D eigenvalue weighted by atomic mass is 35.5. The van der Waals surface area contributed by atoms with Gasteiger partial charge in [0.1, 0.15) is 5.75 Å². The molecule has 0 unspecified atom stereocenters. The number of nitrogens with one attached hydrogen (secondary N) is 1. The Morgan fingerprint density at radius 2 is 1.72 bits per heavy atom. The van der Waals surface area contributed by atoms with Crippen LogP contribution in [0.2, 0.25) is 10.0 Å². The highest BCUT2D eigenvalue weighted by molar-refractivity contribution is 7.90. The second kappa shape index (κ2) is 14.3. The maximum absolute atomic E-state index is 12.8. The summed E-state index contributed by atoms with van der Waals surface area (Å²) in [6.45, 7) is 2.75. The van der Waals surface area contributed by atoms with Crippen molar-refractivity contribution < 1.29 is 27.5 Å². The molecule has 1 amide bonds. The first-order valence-electron chi connectivity index (χ1n) is 12.4. The van der Waals surface area contributed by atoms with E-state index < -0.39 is 15.7 Å². The molecule has 2 aromatic carbocycles. The van der Waals surface area contributed by atoms with Crippen LogP contribution >= 0.6 is 23.2 Å². The molecule has 0 saturated carbocycles. The fourth-order valence-electron chi connectivity index (χ4n) is 3.68. The van der Waals surface area contributed by atoms with Gasteiger partial charge in [-0.05, 0) is 68.3 Å². The summed E-state index contributed by atoms with van der Waals surface area (Å²) in [4.78, 5) is 28.6. The maximum Gasteiger partial charge on any atom is 0.305 e. The molecule has 0 saturated heterocycles.